The monoisotopic (exact) mass is 512 g/mol. The largest absolute Gasteiger partial charge is 0.484 e. The van der Waals surface area contributed by atoms with Crippen molar-refractivity contribution in [3.63, 3.8) is 0 Å². The van der Waals surface area contributed by atoms with Crippen molar-refractivity contribution in [3.05, 3.63) is 39.7 Å². The molecule has 2 aromatic rings. The van der Waals surface area contributed by atoms with E-state index in [-0.39, 0.29) is 30.6 Å². The highest BCUT2D eigenvalue weighted by molar-refractivity contribution is 5.86. The quantitative estimate of drug-likeness (QED) is 0.370. The fourth-order valence-electron chi connectivity index (χ4n) is 5.77. The number of piperidine rings is 1. The van der Waals surface area contributed by atoms with Gasteiger partial charge in [0.2, 0.25) is 5.91 Å². The van der Waals surface area contributed by atoms with Crippen LogP contribution in [0.5, 0.6) is 5.75 Å². The molecule has 0 radical (unpaired) electrons. The highest BCUT2D eigenvalue weighted by atomic mass is 16.5. The number of aliphatic hydroxyl groups is 1. The van der Waals surface area contributed by atoms with Crippen LogP contribution in [0, 0.1) is 12.8 Å². The molecule has 0 bridgehead atoms. The van der Waals surface area contributed by atoms with Crippen LogP contribution in [-0.4, -0.2) is 53.7 Å². The maximum atomic E-state index is 12.6. The first-order valence-corrected chi connectivity index (χ1v) is 13.8. The first-order valence-electron chi connectivity index (χ1n) is 13.8. The highest BCUT2D eigenvalue weighted by Gasteiger charge is 2.43. The number of nitrogens with one attached hydrogen (secondary N) is 1. The number of hydrogen-bond donors (Lipinski definition) is 2. The zero-order valence-corrected chi connectivity index (χ0v) is 22.1. The Balaban J connectivity index is 1.27. The SMILES string of the molecule is CCCCCCc1c(C)c2ccc(OCC(=O)NCC(=O)N3CCC4(O)CCCCC4C3)cc2oc1=O. The minimum atomic E-state index is -0.639. The molecule has 8 heteroatoms. The third-order valence-corrected chi connectivity index (χ3v) is 8.13. The van der Waals surface area contributed by atoms with Gasteiger partial charge in [0, 0.05) is 36.0 Å². The predicted molar refractivity (Wildman–Crippen MR) is 142 cm³/mol. The number of likely N-dealkylation sites (tertiary alicyclic amines) is 1. The summed E-state index contributed by atoms with van der Waals surface area (Å²) >= 11 is 0. The van der Waals surface area contributed by atoms with Crippen LogP contribution in [-0.2, 0) is 16.0 Å². The normalized spacial score (nSPS) is 21.5. The third kappa shape index (κ3) is 6.53. The van der Waals surface area contributed by atoms with Crippen molar-refractivity contribution >= 4 is 22.8 Å². The van der Waals surface area contributed by atoms with Crippen molar-refractivity contribution in [2.45, 2.75) is 83.7 Å². The molecule has 4 rings (SSSR count). The number of fused-ring (bicyclic) bond motifs is 2. The maximum absolute atomic E-state index is 12.6. The van der Waals surface area contributed by atoms with Crippen LogP contribution in [0.2, 0.25) is 0 Å². The van der Waals surface area contributed by atoms with Crippen molar-refractivity contribution < 1.29 is 23.8 Å². The lowest BCUT2D eigenvalue weighted by Gasteiger charge is -2.47. The summed E-state index contributed by atoms with van der Waals surface area (Å²) in [6.07, 6.45) is 9.54. The van der Waals surface area contributed by atoms with E-state index in [1.807, 2.05) is 13.0 Å². The van der Waals surface area contributed by atoms with Gasteiger partial charge in [-0.15, -0.1) is 0 Å². The molecule has 0 spiro atoms. The lowest BCUT2D eigenvalue weighted by molar-refractivity contribution is -0.143. The highest BCUT2D eigenvalue weighted by Crippen LogP contribution is 2.39. The minimum absolute atomic E-state index is 0.0971. The zero-order valence-electron chi connectivity index (χ0n) is 22.1. The van der Waals surface area contributed by atoms with E-state index in [1.165, 1.54) is 0 Å². The summed E-state index contributed by atoms with van der Waals surface area (Å²) in [5, 5.41) is 14.3. The van der Waals surface area contributed by atoms with Gasteiger partial charge in [0.05, 0.1) is 12.1 Å². The topological polar surface area (TPSA) is 109 Å². The van der Waals surface area contributed by atoms with E-state index >= 15 is 0 Å². The second-order valence-electron chi connectivity index (χ2n) is 10.7. The average Bonchev–Trinajstić information content (AvgIpc) is 2.89. The molecule has 1 aromatic carbocycles. The molecule has 2 atom stereocenters. The number of benzene rings is 1. The van der Waals surface area contributed by atoms with Crippen LogP contribution in [0.1, 0.15) is 75.8 Å². The van der Waals surface area contributed by atoms with Crippen LogP contribution in [0.4, 0.5) is 0 Å². The Morgan fingerprint density at radius 3 is 2.86 bits per heavy atom. The molecule has 2 fully saturated rings. The van der Waals surface area contributed by atoms with Gasteiger partial charge in [0.15, 0.2) is 6.61 Å². The Morgan fingerprint density at radius 1 is 1.22 bits per heavy atom. The molecular formula is C29H40N2O6. The average molecular weight is 513 g/mol. The molecule has 2 N–H and O–H groups in total. The van der Waals surface area contributed by atoms with Crippen molar-refractivity contribution in [2.75, 3.05) is 26.2 Å². The standard InChI is InChI=1S/C29H40N2O6/c1-3-4-5-6-10-24-20(2)23-12-11-22(16-25(23)37-28(24)34)36-19-26(32)30-17-27(33)31-15-14-29(35)13-8-7-9-21(29)18-31/h11-12,16,21,35H,3-10,13-15,17-19H2,1-2H3,(H,30,32). The molecule has 37 heavy (non-hydrogen) atoms. The predicted octanol–water partition coefficient (Wildman–Crippen LogP) is 3.87. The number of nitrogens with zero attached hydrogens (tertiary/aromatic N) is 1. The number of unbranched alkanes of at least 4 members (excludes halogenated alkanes) is 3. The molecule has 1 aliphatic heterocycles. The number of amides is 2. The Hall–Kier alpha value is -2.87. The van der Waals surface area contributed by atoms with Gasteiger partial charge in [-0.25, -0.2) is 4.79 Å². The number of rotatable bonds is 10. The lowest BCUT2D eigenvalue weighted by atomic mass is 9.71. The molecule has 2 aliphatic rings. The van der Waals surface area contributed by atoms with E-state index in [2.05, 4.69) is 12.2 Å². The number of carbonyl (C=O) groups excluding carboxylic acids is 2. The van der Waals surface area contributed by atoms with Crippen molar-refractivity contribution in [2.24, 2.45) is 5.92 Å². The van der Waals surface area contributed by atoms with Gasteiger partial charge >= 0.3 is 5.63 Å². The van der Waals surface area contributed by atoms with Crippen LogP contribution >= 0.6 is 0 Å². The van der Waals surface area contributed by atoms with Gasteiger partial charge in [-0.2, -0.15) is 0 Å². The summed E-state index contributed by atoms with van der Waals surface area (Å²) in [7, 11) is 0. The minimum Gasteiger partial charge on any atom is -0.484 e. The van der Waals surface area contributed by atoms with Crippen molar-refractivity contribution in [1.82, 2.24) is 10.2 Å². The summed E-state index contributed by atoms with van der Waals surface area (Å²) in [6, 6.07) is 5.23. The number of aryl methyl sites for hydroxylation is 1. The Kier molecular flexibility index (Phi) is 8.90. The molecule has 202 valence electrons. The van der Waals surface area contributed by atoms with E-state index < -0.39 is 11.5 Å². The molecule has 8 nitrogen and oxygen atoms in total. The van der Waals surface area contributed by atoms with E-state index in [4.69, 9.17) is 9.15 Å². The van der Waals surface area contributed by atoms with E-state index in [9.17, 15) is 19.5 Å². The summed E-state index contributed by atoms with van der Waals surface area (Å²) < 4.78 is 11.2. The van der Waals surface area contributed by atoms with Crippen LogP contribution < -0.4 is 15.7 Å². The van der Waals surface area contributed by atoms with Gasteiger partial charge in [0.25, 0.3) is 5.91 Å². The molecule has 2 unspecified atom stereocenters. The summed E-state index contributed by atoms with van der Waals surface area (Å²) in [4.78, 5) is 39.3. The zero-order chi connectivity index (χ0) is 26.4. The first kappa shape index (κ1) is 27.2. The van der Waals surface area contributed by atoms with Gasteiger partial charge in [0.1, 0.15) is 11.3 Å². The molecule has 2 heterocycles. The molecular weight excluding hydrogens is 472 g/mol. The third-order valence-electron chi connectivity index (χ3n) is 8.13. The van der Waals surface area contributed by atoms with Crippen molar-refractivity contribution in [3.8, 4) is 5.75 Å². The number of hydrogen-bond acceptors (Lipinski definition) is 6. The van der Waals surface area contributed by atoms with Gasteiger partial charge < -0.3 is 24.5 Å². The Labute approximate surface area is 218 Å². The Morgan fingerprint density at radius 2 is 2.05 bits per heavy atom. The molecule has 1 saturated carbocycles. The molecule has 1 aliphatic carbocycles. The Bertz CT molecular complexity index is 1170. The summed E-state index contributed by atoms with van der Waals surface area (Å²) in [5.74, 6) is -0.0133. The second kappa shape index (κ2) is 12.1. The molecule has 1 aromatic heterocycles. The smallest absolute Gasteiger partial charge is 0.339 e. The molecule has 1 saturated heterocycles. The summed E-state index contributed by atoms with van der Waals surface area (Å²) in [6.45, 7) is 4.81. The van der Waals surface area contributed by atoms with Crippen LogP contribution in [0.25, 0.3) is 11.0 Å². The van der Waals surface area contributed by atoms with Crippen LogP contribution in [0.15, 0.2) is 27.4 Å². The fraction of sp³-hybridized carbons (Fsp3) is 0.621. The van der Waals surface area contributed by atoms with Gasteiger partial charge in [-0.05, 0) is 56.7 Å². The molecule has 2 amide bonds. The number of ether oxygens (including phenoxy) is 1. The van der Waals surface area contributed by atoms with Crippen molar-refractivity contribution in [1.29, 1.82) is 0 Å². The van der Waals surface area contributed by atoms with Crippen LogP contribution in [0.3, 0.4) is 0 Å². The fourth-order valence-corrected chi connectivity index (χ4v) is 5.77. The van der Waals surface area contributed by atoms with E-state index in [1.54, 1.807) is 17.0 Å². The van der Waals surface area contributed by atoms with E-state index in [0.717, 1.165) is 67.9 Å². The van der Waals surface area contributed by atoms with Gasteiger partial charge in [-0.3, -0.25) is 9.59 Å². The summed E-state index contributed by atoms with van der Waals surface area (Å²) in [5.41, 5.74) is 1.12. The second-order valence-corrected chi connectivity index (χ2v) is 10.7. The lowest BCUT2D eigenvalue weighted by Crippen LogP contribution is -2.56. The van der Waals surface area contributed by atoms with E-state index in [0.29, 0.717) is 37.3 Å². The maximum Gasteiger partial charge on any atom is 0.339 e. The van der Waals surface area contributed by atoms with Gasteiger partial charge in [-0.1, -0.05) is 39.0 Å². The number of carbonyl (C=O) groups is 2. The first-order chi connectivity index (χ1) is 17.8.